The molecule has 2 aromatic rings. The highest BCUT2D eigenvalue weighted by molar-refractivity contribution is 9.10. The minimum atomic E-state index is -3.97. The van der Waals surface area contributed by atoms with E-state index in [9.17, 15) is 8.42 Å². The molecule has 0 N–H and O–H groups in total. The van der Waals surface area contributed by atoms with Gasteiger partial charge in [-0.05, 0) is 42.5 Å². The van der Waals surface area contributed by atoms with Gasteiger partial charge in [-0.2, -0.15) is 8.42 Å². The molecular formula is C13H10BrClO4S. The predicted octanol–water partition coefficient (Wildman–Crippen LogP) is 3.88. The van der Waals surface area contributed by atoms with Gasteiger partial charge in [0.25, 0.3) is 0 Å². The highest BCUT2D eigenvalue weighted by atomic mass is 79.9. The summed E-state index contributed by atoms with van der Waals surface area (Å²) in [7, 11) is -2.45. The molecule has 0 unspecified atom stereocenters. The maximum atomic E-state index is 12.1. The first-order valence-corrected chi connectivity index (χ1v) is 8.04. The van der Waals surface area contributed by atoms with E-state index in [-0.39, 0.29) is 15.7 Å². The van der Waals surface area contributed by atoms with Gasteiger partial charge in [-0.15, -0.1) is 0 Å². The summed E-state index contributed by atoms with van der Waals surface area (Å²) >= 11 is 9.13. The number of hydrogen-bond donors (Lipinski definition) is 0. The van der Waals surface area contributed by atoms with Gasteiger partial charge in [0.1, 0.15) is 16.4 Å². The van der Waals surface area contributed by atoms with Crippen molar-refractivity contribution in [3.05, 3.63) is 52.0 Å². The third-order valence-electron chi connectivity index (χ3n) is 2.43. The molecule has 0 radical (unpaired) electrons. The van der Waals surface area contributed by atoms with Crippen LogP contribution in [0, 0.1) is 0 Å². The highest BCUT2D eigenvalue weighted by Crippen LogP contribution is 2.28. The van der Waals surface area contributed by atoms with Crippen LogP contribution in [0.5, 0.6) is 11.5 Å². The zero-order valence-electron chi connectivity index (χ0n) is 10.3. The quantitative estimate of drug-likeness (QED) is 0.759. The van der Waals surface area contributed by atoms with Crippen LogP contribution in [0.25, 0.3) is 0 Å². The Kier molecular flexibility index (Phi) is 4.57. The number of methoxy groups -OCH3 is 1. The summed E-state index contributed by atoms with van der Waals surface area (Å²) in [4.78, 5) is -0.0850. The molecule has 0 saturated carbocycles. The molecule has 0 atom stereocenters. The number of halogens is 2. The minimum Gasteiger partial charge on any atom is -0.497 e. The standard InChI is InChI=1S/C13H10BrClO4S/c1-18-10-3-5-11(6-4-10)19-20(16,17)13-7-2-9(14)8-12(13)15/h2-8H,1H3. The van der Waals surface area contributed by atoms with Crippen molar-refractivity contribution in [3.63, 3.8) is 0 Å². The molecule has 0 aliphatic carbocycles. The minimum absolute atomic E-state index is 0.0850. The molecule has 0 spiro atoms. The van der Waals surface area contributed by atoms with Gasteiger partial charge in [-0.1, -0.05) is 27.5 Å². The molecule has 0 fully saturated rings. The van der Waals surface area contributed by atoms with Crippen LogP contribution in [-0.4, -0.2) is 15.5 Å². The van der Waals surface area contributed by atoms with E-state index >= 15 is 0 Å². The number of hydrogen-bond acceptors (Lipinski definition) is 4. The predicted molar refractivity (Wildman–Crippen MR) is 80.0 cm³/mol. The molecule has 0 amide bonds. The van der Waals surface area contributed by atoms with Crippen molar-refractivity contribution in [1.82, 2.24) is 0 Å². The van der Waals surface area contributed by atoms with E-state index < -0.39 is 10.1 Å². The Morgan fingerprint density at radius 1 is 1.05 bits per heavy atom. The molecule has 2 aromatic carbocycles. The normalized spacial score (nSPS) is 11.2. The van der Waals surface area contributed by atoms with Crippen molar-refractivity contribution in [2.45, 2.75) is 4.90 Å². The fraction of sp³-hybridized carbons (Fsp3) is 0.0769. The van der Waals surface area contributed by atoms with Gasteiger partial charge in [0.05, 0.1) is 12.1 Å². The van der Waals surface area contributed by atoms with Crippen LogP contribution in [0.3, 0.4) is 0 Å². The van der Waals surface area contributed by atoms with Crippen molar-refractivity contribution in [2.75, 3.05) is 7.11 Å². The van der Waals surface area contributed by atoms with Crippen molar-refractivity contribution in [3.8, 4) is 11.5 Å². The third-order valence-corrected chi connectivity index (χ3v) is 4.65. The third kappa shape index (κ3) is 3.45. The average molecular weight is 378 g/mol. The first kappa shape index (κ1) is 15.2. The maximum absolute atomic E-state index is 12.1. The molecule has 0 aliphatic heterocycles. The van der Waals surface area contributed by atoms with Gasteiger partial charge in [0.15, 0.2) is 0 Å². The Labute approximate surface area is 130 Å². The Hall–Kier alpha value is -1.24. The lowest BCUT2D eigenvalue weighted by Crippen LogP contribution is -2.10. The summed E-state index contributed by atoms with van der Waals surface area (Å²) < 4.78 is 35.0. The van der Waals surface area contributed by atoms with Gasteiger partial charge in [-0.3, -0.25) is 0 Å². The van der Waals surface area contributed by atoms with Gasteiger partial charge in [0.2, 0.25) is 0 Å². The fourth-order valence-electron chi connectivity index (χ4n) is 1.48. The molecule has 2 rings (SSSR count). The average Bonchev–Trinajstić information content (AvgIpc) is 2.38. The molecule has 0 saturated heterocycles. The van der Waals surface area contributed by atoms with Gasteiger partial charge in [-0.25, -0.2) is 0 Å². The number of ether oxygens (including phenoxy) is 1. The molecule has 106 valence electrons. The van der Waals surface area contributed by atoms with Crippen molar-refractivity contribution < 1.29 is 17.3 Å². The van der Waals surface area contributed by atoms with E-state index in [1.807, 2.05) is 0 Å². The highest BCUT2D eigenvalue weighted by Gasteiger charge is 2.20. The second kappa shape index (κ2) is 6.03. The monoisotopic (exact) mass is 376 g/mol. The molecular weight excluding hydrogens is 368 g/mol. The van der Waals surface area contributed by atoms with E-state index in [4.69, 9.17) is 20.5 Å². The summed E-state index contributed by atoms with van der Waals surface area (Å²) in [5.74, 6) is 0.793. The molecule has 4 nitrogen and oxygen atoms in total. The van der Waals surface area contributed by atoms with Crippen molar-refractivity contribution in [1.29, 1.82) is 0 Å². The van der Waals surface area contributed by atoms with Gasteiger partial charge >= 0.3 is 10.1 Å². The lowest BCUT2D eigenvalue weighted by molar-refractivity contribution is 0.413. The Morgan fingerprint density at radius 3 is 2.20 bits per heavy atom. The molecule has 0 bridgehead atoms. The first-order chi connectivity index (χ1) is 9.42. The van der Waals surface area contributed by atoms with E-state index in [1.165, 1.54) is 31.4 Å². The van der Waals surface area contributed by atoms with Crippen LogP contribution in [0.15, 0.2) is 51.8 Å². The molecule has 7 heteroatoms. The summed E-state index contributed by atoms with van der Waals surface area (Å²) in [6.07, 6.45) is 0. The van der Waals surface area contributed by atoms with Crippen molar-refractivity contribution in [2.24, 2.45) is 0 Å². The zero-order chi connectivity index (χ0) is 14.8. The maximum Gasteiger partial charge on any atom is 0.340 e. The topological polar surface area (TPSA) is 52.6 Å². The summed E-state index contributed by atoms with van der Waals surface area (Å²) in [5, 5.41) is 0.0906. The number of rotatable bonds is 4. The summed E-state index contributed by atoms with van der Waals surface area (Å²) in [6.45, 7) is 0. The SMILES string of the molecule is COc1ccc(OS(=O)(=O)c2ccc(Br)cc2Cl)cc1. The molecule has 20 heavy (non-hydrogen) atoms. The fourth-order valence-corrected chi connectivity index (χ4v) is 3.42. The Balaban J connectivity index is 2.30. The van der Waals surface area contributed by atoms with Crippen LogP contribution in [-0.2, 0) is 10.1 Å². The van der Waals surface area contributed by atoms with Gasteiger partial charge < -0.3 is 8.92 Å². The second-order valence-corrected chi connectivity index (χ2v) is 6.63. The lowest BCUT2D eigenvalue weighted by atomic mass is 10.3. The first-order valence-electron chi connectivity index (χ1n) is 5.46. The largest absolute Gasteiger partial charge is 0.497 e. The summed E-state index contributed by atoms with van der Waals surface area (Å²) in [5.41, 5.74) is 0. The van der Waals surface area contributed by atoms with Crippen LogP contribution in [0.1, 0.15) is 0 Å². The van der Waals surface area contributed by atoms with E-state index in [0.717, 1.165) is 0 Å². The van der Waals surface area contributed by atoms with E-state index in [1.54, 1.807) is 18.2 Å². The van der Waals surface area contributed by atoms with E-state index in [0.29, 0.717) is 10.2 Å². The summed E-state index contributed by atoms with van der Waals surface area (Å²) in [6, 6.07) is 10.7. The second-order valence-electron chi connectivity index (χ2n) is 3.79. The number of benzene rings is 2. The van der Waals surface area contributed by atoms with Crippen LogP contribution in [0.4, 0.5) is 0 Å². The van der Waals surface area contributed by atoms with Crippen LogP contribution < -0.4 is 8.92 Å². The van der Waals surface area contributed by atoms with Crippen LogP contribution >= 0.6 is 27.5 Å². The lowest BCUT2D eigenvalue weighted by Gasteiger charge is -2.09. The van der Waals surface area contributed by atoms with Crippen LogP contribution in [0.2, 0.25) is 5.02 Å². The molecule has 0 aliphatic rings. The van der Waals surface area contributed by atoms with E-state index in [2.05, 4.69) is 15.9 Å². The zero-order valence-corrected chi connectivity index (χ0v) is 13.5. The smallest absolute Gasteiger partial charge is 0.340 e. The van der Waals surface area contributed by atoms with Gasteiger partial charge in [0, 0.05) is 4.47 Å². The molecule has 0 aromatic heterocycles. The molecule has 0 heterocycles. The Morgan fingerprint density at radius 2 is 1.65 bits per heavy atom. The Bertz CT molecular complexity index is 714. The van der Waals surface area contributed by atoms with Crippen molar-refractivity contribution >= 4 is 37.6 Å².